The quantitative estimate of drug-likeness (QED) is 0.647. The van der Waals surface area contributed by atoms with Gasteiger partial charge in [0.2, 0.25) is 5.91 Å². The third-order valence-corrected chi connectivity index (χ3v) is 2.86. The Balaban J connectivity index is 1.97. The van der Waals surface area contributed by atoms with Crippen LogP contribution in [0.2, 0.25) is 0 Å². The van der Waals surface area contributed by atoms with Gasteiger partial charge in [-0.3, -0.25) is 9.63 Å². The standard InChI is InChI=1S/C15H17NO2/c1-2-15(17)16-18-11-10-13-8-5-7-12-6-3-4-9-14(12)13/h3-9H,2,10-11H2,1H3,(H,16,17). The van der Waals surface area contributed by atoms with Gasteiger partial charge in [0.1, 0.15) is 0 Å². The maximum atomic E-state index is 11.0. The number of carbonyl (C=O) groups is 1. The molecule has 0 fully saturated rings. The second-order valence-corrected chi connectivity index (χ2v) is 4.12. The highest BCUT2D eigenvalue weighted by Gasteiger charge is 2.01. The van der Waals surface area contributed by atoms with Gasteiger partial charge in [0.15, 0.2) is 0 Å². The predicted octanol–water partition coefficient (Wildman–Crippen LogP) is 2.84. The lowest BCUT2D eigenvalue weighted by molar-refractivity contribution is -0.133. The lowest BCUT2D eigenvalue weighted by atomic mass is 10.0. The number of hydroxylamine groups is 1. The Labute approximate surface area is 107 Å². The maximum Gasteiger partial charge on any atom is 0.243 e. The number of rotatable bonds is 5. The van der Waals surface area contributed by atoms with Crippen molar-refractivity contribution >= 4 is 16.7 Å². The summed E-state index contributed by atoms with van der Waals surface area (Å²) >= 11 is 0. The summed E-state index contributed by atoms with van der Waals surface area (Å²) in [6, 6.07) is 14.5. The summed E-state index contributed by atoms with van der Waals surface area (Å²) in [7, 11) is 0. The zero-order chi connectivity index (χ0) is 12.8. The summed E-state index contributed by atoms with van der Waals surface area (Å²) < 4.78 is 0. The molecule has 3 nitrogen and oxygen atoms in total. The zero-order valence-electron chi connectivity index (χ0n) is 10.5. The summed E-state index contributed by atoms with van der Waals surface area (Å²) in [6.07, 6.45) is 1.22. The Bertz CT molecular complexity index is 532. The van der Waals surface area contributed by atoms with Crippen molar-refractivity contribution in [3.8, 4) is 0 Å². The van der Waals surface area contributed by atoms with E-state index in [-0.39, 0.29) is 5.91 Å². The van der Waals surface area contributed by atoms with E-state index in [1.165, 1.54) is 16.3 Å². The van der Waals surface area contributed by atoms with Gasteiger partial charge in [-0.2, -0.15) is 0 Å². The van der Waals surface area contributed by atoms with Gasteiger partial charge in [-0.05, 0) is 22.8 Å². The Morgan fingerprint density at radius 2 is 1.94 bits per heavy atom. The van der Waals surface area contributed by atoms with Crippen molar-refractivity contribution in [2.24, 2.45) is 0 Å². The first-order chi connectivity index (χ1) is 8.81. The van der Waals surface area contributed by atoms with Crippen LogP contribution < -0.4 is 5.48 Å². The molecule has 2 aromatic carbocycles. The molecule has 0 heterocycles. The molecule has 1 N–H and O–H groups in total. The highest BCUT2D eigenvalue weighted by molar-refractivity contribution is 5.85. The van der Waals surface area contributed by atoms with Gasteiger partial charge in [-0.25, -0.2) is 5.48 Å². The minimum Gasteiger partial charge on any atom is -0.273 e. The van der Waals surface area contributed by atoms with Gasteiger partial charge in [0.25, 0.3) is 0 Å². The van der Waals surface area contributed by atoms with Gasteiger partial charge in [0.05, 0.1) is 6.61 Å². The summed E-state index contributed by atoms with van der Waals surface area (Å²) in [5, 5.41) is 2.47. The van der Waals surface area contributed by atoms with E-state index < -0.39 is 0 Å². The Morgan fingerprint density at radius 1 is 1.17 bits per heavy atom. The van der Waals surface area contributed by atoms with Crippen molar-refractivity contribution in [2.75, 3.05) is 6.61 Å². The van der Waals surface area contributed by atoms with Crippen LogP contribution in [0, 0.1) is 0 Å². The molecule has 2 rings (SSSR count). The van der Waals surface area contributed by atoms with E-state index in [0.29, 0.717) is 13.0 Å². The van der Waals surface area contributed by atoms with Crippen LogP contribution in [0.3, 0.4) is 0 Å². The van der Waals surface area contributed by atoms with E-state index >= 15 is 0 Å². The highest BCUT2D eigenvalue weighted by Crippen LogP contribution is 2.18. The van der Waals surface area contributed by atoms with E-state index in [1.807, 2.05) is 18.2 Å². The number of carbonyl (C=O) groups excluding carboxylic acids is 1. The molecule has 0 aliphatic heterocycles. The summed E-state index contributed by atoms with van der Waals surface area (Å²) in [4.78, 5) is 16.1. The molecule has 2 aromatic rings. The van der Waals surface area contributed by atoms with E-state index in [0.717, 1.165) is 6.42 Å². The normalized spacial score (nSPS) is 10.5. The van der Waals surface area contributed by atoms with Crippen molar-refractivity contribution in [1.29, 1.82) is 0 Å². The molecule has 18 heavy (non-hydrogen) atoms. The molecular weight excluding hydrogens is 226 g/mol. The number of benzene rings is 2. The van der Waals surface area contributed by atoms with Crippen LogP contribution in [0.1, 0.15) is 18.9 Å². The van der Waals surface area contributed by atoms with Crippen LogP contribution in [0.5, 0.6) is 0 Å². The van der Waals surface area contributed by atoms with E-state index in [4.69, 9.17) is 4.84 Å². The lowest BCUT2D eigenvalue weighted by Crippen LogP contribution is -2.23. The first-order valence-electron chi connectivity index (χ1n) is 6.18. The molecule has 0 saturated carbocycles. The molecule has 0 unspecified atom stereocenters. The second-order valence-electron chi connectivity index (χ2n) is 4.12. The molecule has 0 saturated heterocycles. The minimum absolute atomic E-state index is 0.0899. The molecule has 0 aliphatic carbocycles. The largest absolute Gasteiger partial charge is 0.273 e. The fourth-order valence-corrected chi connectivity index (χ4v) is 1.88. The topological polar surface area (TPSA) is 38.3 Å². The van der Waals surface area contributed by atoms with Crippen molar-refractivity contribution < 1.29 is 9.63 Å². The molecule has 1 amide bonds. The molecular formula is C15H17NO2. The fraction of sp³-hybridized carbons (Fsp3) is 0.267. The third kappa shape index (κ3) is 3.08. The third-order valence-electron chi connectivity index (χ3n) is 2.86. The smallest absolute Gasteiger partial charge is 0.243 e. The average molecular weight is 243 g/mol. The van der Waals surface area contributed by atoms with Crippen LogP contribution in [-0.2, 0) is 16.1 Å². The maximum absolute atomic E-state index is 11.0. The van der Waals surface area contributed by atoms with Gasteiger partial charge in [-0.1, -0.05) is 49.4 Å². The molecule has 3 heteroatoms. The molecule has 0 aromatic heterocycles. The van der Waals surface area contributed by atoms with E-state index in [2.05, 4.69) is 29.7 Å². The zero-order valence-corrected chi connectivity index (χ0v) is 10.5. The number of fused-ring (bicyclic) bond motifs is 1. The summed E-state index contributed by atoms with van der Waals surface area (Å²) in [5.41, 5.74) is 3.65. The predicted molar refractivity (Wildman–Crippen MR) is 72.0 cm³/mol. The average Bonchev–Trinajstić information content (AvgIpc) is 2.43. The van der Waals surface area contributed by atoms with Crippen molar-refractivity contribution in [1.82, 2.24) is 5.48 Å². The van der Waals surface area contributed by atoms with Gasteiger partial charge in [0, 0.05) is 6.42 Å². The number of amides is 1. The van der Waals surface area contributed by atoms with Gasteiger partial charge >= 0.3 is 0 Å². The SMILES string of the molecule is CCC(=O)NOCCc1cccc2ccccc12. The molecule has 94 valence electrons. The highest BCUT2D eigenvalue weighted by atomic mass is 16.6. The van der Waals surface area contributed by atoms with Crippen LogP contribution in [0.25, 0.3) is 10.8 Å². The van der Waals surface area contributed by atoms with Gasteiger partial charge < -0.3 is 0 Å². The Hall–Kier alpha value is -1.87. The molecule has 0 aliphatic rings. The summed E-state index contributed by atoms with van der Waals surface area (Å²) in [5.74, 6) is -0.0899. The molecule has 0 atom stereocenters. The second kappa shape index (κ2) is 6.17. The van der Waals surface area contributed by atoms with Crippen molar-refractivity contribution in [3.63, 3.8) is 0 Å². The molecule has 0 spiro atoms. The summed E-state index contributed by atoms with van der Waals surface area (Å²) in [6.45, 7) is 2.28. The van der Waals surface area contributed by atoms with E-state index in [9.17, 15) is 4.79 Å². The van der Waals surface area contributed by atoms with E-state index in [1.54, 1.807) is 6.92 Å². The van der Waals surface area contributed by atoms with Crippen molar-refractivity contribution in [2.45, 2.75) is 19.8 Å². The molecule has 0 radical (unpaired) electrons. The Morgan fingerprint density at radius 3 is 2.78 bits per heavy atom. The Kier molecular flexibility index (Phi) is 4.31. The number of hydrogen-bond acceptors (Lipinski definition) is 2. The monoisotopic (exact) mass is 243 g/mol. The van der Waals surface area contributed by atoms with Gasteiger partial charge in [-0.15, -0.1) is 0 Å². The fourth-order valence-electron chi connectivity index (χ4n) is 1.88. The minimum atomic E-state index is -0.0899. The first-order valence-corrected chi connectivity index (χ1v) is 6.18. The lowest BCUT2D eigenvalue weighted by Gasteiger charge is -2.07. The van der Waals surface area contributed by atoms with Crippen LogP contribution in [-0.4, -0.2) is 12.5 Å². The van der Waals surface area contributed by atoms with Crippen LogP contribution in [0.4, 0.5) is 0 Å². The van der Waals surface area contributed by atoms with Crippen LogP contribution in [0.15, 0.2) is 42.5 Å². The number of hydrogen-bond donors (Lipinski definition) is 1. The van der Waals surface area contributed by atoms with Crippen molar-refractivity contribution in [3.05, 3.63) is 48.0 Å². The molecule has 0 bridgehead atoms. The first kappa shape index (κ1) is 12.6. The van der Waals surface area contributed by atoms with Crippen LogP contribution >= 0.6 is 0 Å². The number of nitrogens with one attached hydrogen (secondary N) is 1.